The highest BCUT2D eigenvalue weighted by Crippen LogP contribution is 2.33. The number of unbranched alkanes of at least 4 members (excludes halogenated alkanes) is 4. The van der Waals surface area contributed by atoms with Gasteiger partial charge in [-0.25, -0.2) is 5.26 Å². The summed E-state index contributed by atoms with van der Waals surface area (Å²) in [4.78, 5) is 110. The van der Waals surface area contributed by atoms with Crippen molar-refractivity contribution in [3.05, 3.63) is 77.9 Å². The summed E-state index contributed by atoms with van der Waals surface area (Å²) in [5, 5.41) is 114. The van der Waals surface area contributed by atoms with Gasteiger partial charge >= 0.3 is 0 Å². The molecule has 4 heterocycles. The number of fused-ring (bicyclic) bond motifs is 2. The summed E-state index contributed by atoms with van der Waals surface area (Å²) in [5.41, 5.74) is 1.54. The predicted molar refractivity (Wildman–Crippen MR) is 339 cm³/mol. The molecule has 514 valence electrons. The van der Waals surface area contributed by atoms with E-state index in [0.29, 0.717) is 22.2 Å². The van der Waals surface area contributed by atoms with Crippen LogP contribution in [0.3, 0.4) is 0 Å². The highest BCUT2D eigenvalue weighted by Gasteiger charge is 2.50. The van der Waals surface area contributed by atoms with Gasteiger partial charge in [0.15, 0.2) is 11.5 Å². The number of nitrogens with one attached hydrogen (secondary N) is 5. The van der Waals surface area contributed by atoms with E-state index < -0.39 is 158 Å². The largest absolute Gasteiger partial charge is 0.504 e. The molecule has 0 spiro atoms. The third-order valence-corrected chi connectivity index (χ3v) is 17.3. The van der Waals surface area contributed by atoms with Gasteiger partial charge in [-0.2, -0.15) is 0 Å². The van der Waals surface area contributed by atoms with Crippen LogP contribution >= 0.6 is 23.7 Å². The molecule has 3 aliphatic heterocycles. The van der Waals surface area contributed by atoms with Crippen LogP contribution in [0.25, 0.3) is 21.1 Å². The van der Waals surface area contributed by atoms with E-state index in [1.54, 1.807) is 38.2 Å². The van der Waals surface area contributed by atoms with Crippen LogP contribution in [0, 0.1) is 5.92 Å². The average molecular weight is 1350 g/mol. The zero-order chi connectivity index (χ0) is 68.2. The highest BCUT2D eigenvalue weighted by molar-refractivity contribution is 7.90. The van der Waals surface area contributed by atoms with E-state index in [0.717, 1.165) is 72.8 Å². The normalized spacial score (nSPS) is 24.5. The van der Waals surface area contributed by atoms with Gasteiger partial charge in [0, 0.05) is 95.9 Å². The molecular formula is C61H83N11O20S2. The van der Waals surface area contributed by atoms with E-state index in [9.17, 15) is 69.3 Å². The molecule has 4 aromatic rings. The molecule has 0 saturated carbocycles. The fourth-order valence-electron chi connectivity index (χ4n) is 10.9. The molecule has 7 amide bonds. The fraction of sp³-hybridized carbons (Fsp3) is 0.541. The fourth-order valence-corrected chi connectivity index (χ4v) is 12.0. The lowest BCUT2D eigenvalue weighted by Crippen LogP contribution is -2.64. The molecule has 0 aliphatic carbocycles. The van der Waals surface area contributed by atoms with Gasteiger partial charge in [0.25, 0.3) is 18.2 Å². The molecule has 33 heteroatoms. The molecule has 7 rings (SSSR count). The number of carbonyl (C=O) groups excluding carboxylic acids is 7. The van der Waals surface area contributed by atoms with Gasteiger partial charge in [0.1, 0.15) is 52.0 Å². The highest BCUT2D eigenvalue weighted by atomic mass is 32.2. The molecule has 3 fully saturated rings. The van der Waals surface area contributed by atoms with Crippen molar-refractivity contribution < 1.29 is 97.6 Å². The second-order valence-corrected chi connectivity index (χ2v) is 24.9. The molecule has 3 saturated heterocycles. The quantitative estimate of drug-likeness (QED) is 0.00970. The maximum absolute atomic E-state index is 15.0. The maximum Gasteiger partial charge on any atom is 0.261 e. The molecule has 31 nitrogen and oxygen atoms in total. The van der Waals surface area contributed by atoms with Crippen LogP contribution in [0.5, 0.6) is 17.2 Å². The van der Waals surface area contributed by atoms with Gasteiger partial charge in [0.05, 0.1) is 49.6 Å². The number of nitrogens with zero attached hydrogens (tertiary/aromatic N) is 6. The number of aliphatic imine (C=N–C) groups is 1. The van der Waals surface area contributed by atoms with Crippen LogP contribution in [0.2, 0.25) is 0 Å². The molecule has 0 radical (unpaired) electrons. The van der Waals surface area contributed by atoms with Gasteiger partial charge in [-0.3, -0.25) is 38.6 Å². The maximum atomic E-state index is 15.0. The second kappa shape index (κ2) is 35.7. The van der Waals surface area contributed by atoms with Crippen molar-refractivity contribution in [1.82, 2.24) is 51.5 Å². The van der Waals surface area contributed by atoms with Crippen LogP contribution in [-0.4, -0.2) is 247 Å². The lowest BCUT2D eigenvalue weighted by molar-refractivity contribution is -0.433. The molecule has 1 aromatic heterocycles. The van der Waals surface area contributed by atoms with Gasteiger partial charge in [-0.1, -0.05) is 65.1 Å². The number of phenolic OH excluding ortho intramolecular Hbond substituents is 1. The summed E-state index contributed by atoms with van der Waals surface area (Å²) >= 11 is 1.38. The van der Waals surface area contributed by atoms with Crippen LogP contribution in [0.4, 0.5) is 0 Å². The van der Waals surface area contributed by atoms with Crippen LogP contribution in [0.15, 0.2) is 71.7 Å². The number of benzene rings is 3. The van der Waals surface area contributed by atoms with Crippen molar-refractivity contribution >= 4 is 71.3 Å². The number of β-amino-alcohol motifs (C(OH)–C–C–N with tert-alkyl or cyclic N) is 1. The first-order valence-corrected chi connectivity index (χ1v) is 32.1. The molecule has 0 unspecified atom stereocenters. The Kier molecular flexibility index (Phi) is 28.0. The smallest absolute Gasteiger partial charge is 0.261 e. The number of aromatic hydroxyl groups is 1. The predicted octanol–water partition coefficient (Wildman–Crippen LogP) is -0.155. The minimum absolute atomic E-state index is 0.0206. The summed E-state index contributed by atoms with van der Waals surface area (Å²) in [7, 11) is 5.06. The van der Waals surface area contributed by atoms with Crippen LogP contribution in [0.1, 0.15) is 81.1 Å². The summed E-state index contributed by atoms with van der Waals surface area (Å²) < 4.78 is 20.4. The standard InChI is InChI=1S/C61H83N11O20S2/c1-33-30-72-51(52(33)79)57(84)63-29-39(74)27-42(64-53(80)36-12-14-37(15-13-36)58-68-69-59(93-58)38-16-18-41(19-17-38)89-24-10-8-6-7-9-23-88-5)54(81)65-48(34(2)73)60(85)71-31-40(75)28-43(71)55(82)66-49(46(78)25-35-11-20-44(76)47(26-35)90-94-92-91-87)56(83)67-50(61(72)86)45(77)21-22-62-32-70(3)4/h11-20,26,32-34,39-40,42-43,45-46,48-52,73-79,87H,6-10,21-25,27-31H2,1-5H3,(H,63,84)(H,64,80)(H,65,81)(H,66,82)(H,67,83)/t33-,34+,39+,40+,42+,43+,45-,46-,48+,49+,50+,51+,52+/m1/s1. The Balaban J connectivity index is 1.16. The summed E-state index contributed by atoms with van der Waals surface area (Å²) in [6.45, 7) is 2.33. The third kappa shape index (κ3) is 20.4. The topological polar surface area (TPSA) is 435 Å². The molecule has 0 bridgehead atoms. The molecule has 3 aromatic carbocycles. The Morgan fingerprint density at radius 3 is 2.09 bits per heavy atom. The van der Waals surface area contributed by atoms with Crippen LogP contribution < -0.4 is 35.5 Å². The molecular weight excluding hydrogens is 1270 g/mol. The van der Waals surface area contributed by atoms with Gasteiger partial charge in [-0.15, -0.1) is 10.2 Å². The van der Waals surface area contributed by atoms with E-state index in [4.69, 9.17) is 18.9 Å². The SMILES string of the molecule is COCCCCCCCOc1ccc(-c2nnc(-c3ccc(C(=O)N[C@H]4C[C@H](O)CNC(=O)[C@@H]5[C@@H](O)[C@H](C)CN5C(=O)[C@H]([C@H](O)CCN=CN(C)C)NC(=O)[C@H]([C@H](O)Cc5ccc(O)c(OSOOO)c5)NC(=O)[C@@H]5C[C@H](O)CN5C(=O)[C@H]([C@H](C)O)NC4=O)cc3)s2)cc1. The molecule has 13 atom stereocenters. The second-order valence-electron chi connectivity index (χ2n) is 23.5. The first-order valence-electron chi connectivity index (χ1n) is 30.6. The average Bonchev–Trinajstić information content (AvgIpc) is 1.63. The number of ether oxygens (including phenoxy) is 2. The Morgan fingerprint density at radius 1 is 0.787 bits per heavy atom. The van der Waals surface area contributed by atoms with Crippen molar-refractivity contribution in [2.75, 3.05) is 60.6 Å². The van der Waals surface area contributed by atoms with Gasteiger partial charge in [0.2, 0.25) is 35.4 Å². The van der Waals surface area contributed by atoms with Gasteiger partial charge < -0.3 is 90.7 Å². The Labute approximate surface area is 550 Å². The van der Waals surface area contributed by atoms with Crippen molar-refractivity contribution in [2.24, 2.45) is 10.9 Å². The zero-order valence-corrected chi connectivity index (χ0v) is 54.1. The Morgan fingerprint density at radius 2 is 1.43 bits per heavy atom. The van der Waals surface area contributed by atoms with Crippen LogP contribution in [-0.2, 0) is 49.3 Å². The number of carbonyl (C=O) groups is 7. The minimum atomic E-state index is -2.12. The minimum Gasteiger partial charge on any atom is -0.504 e. The van der Waals surface area contributed by atoms with E-state index in [2.05, 4.69) is 51.1 Å². The number of aromatic nitrogens is 2. The van der Waals surface area contributed by atoms with Crippen molar-refractivity contribution in [3.8, 4) is 38.4 Å². The number of aliphatic hydroxyl groups is 6. The number of hydrogen-bond donors (Lipinski definition) is 13. The number of methoxy groups -OCH3 is 1. The first-order chi connectivity index (χ1) is 45.0. The number of aliphatic hydroxyl groups excluding tert-OH is 6. The van der Waals surface area contributed by atoms with E-state index in [-0.39, 0.29) is 48.7 Å². The monoisotopic (exact) mass is 1350 g/mol. The Hall–Kier alpha value is -7.67. The van der Waals surface area contributed by atoms with Crippen molar-refractivity contribution in [3.63, 3.8) is 0 Å². The third-order valence-electron chi connectivity index (χ3n) is 15.9. The summed E-state index contributed by atoms with van der Waals surface area (Å²) in [6.07, 6.45) is -5.60. The van der Waals surface area contributed by atoms with Crippen molar-refractivity contribution in [1.29, 1.82) is 0 Å². The molecule has 94 heavy (non-hydrogen) atoms. The lowest BCUT2D eigenvalue weighted by Gasteiger charge is -2.34. The number of phenols is 1. The van der Waals surface area contributed by atoms with E-state index in [1.165, 1.54) is 48.9 Å². The number of amides is 7. The number of rotatable bonds is 26. The van der Waals surface area contributed by atoms with E-state index >= 15 is 0 Å². The first kappa shape index (κ1) is 73.7. The zero-order valence-electron chi connectivity index (χ0n) is 52.5. The van der Waals surface area contributed by atoms with E-state index in [1.807, 2.05) is 24.3 Å². The van der Waals surface area contributed by atoms with Crippen molar-refractivity contribution in [2.45, 2.75) is 145 Å². The molecule has 3 aliphatic rings. The van der Waals surface area contributed by atoms with Gasteiger partial charge in [-0.05, 0) is 80.3 Å². The number of hydrogen-bond acceptors (Lipinski definition) is 25. The summed E-state index contributed by atoms with van der Waals surface area (Å²) in [6, 6.07) is 6.01. The summed E-state index contributed by atoms with van der Waals surface area (Å²) in [5.74, 6) is -8.61. The molecule has 13 N–H and O–H groups in total. The Bertz CT molecular complexity index is 3200. The lowest BCUT2D eigenvalue weighted by atomic mass is 9.98.